The molecule has 0 spiro atoms. The smallest absolute Gasteiger partial charge is 0.254 e. The number of halogens is 1. The van der Waals surface area contributed by atoms with E-state index in [1.54, 1.807) is 36.3 Å². The average Bonchev–Trinajstić information content (AvgIpc) is 3.37. The molecule has 1 atom stereocenters. The van der Waals surface area contributed by atoms with E-state index in [-0.39, 0.29) is 11.9 Å². The monoisotopic (exact) mass is 427 g/mol. The van der Waals surface area contributed by atoms with Crippen molar-refractivity contribution in [2.75, 3.05) is 13.7 Å². The fraction of sp³-hybridized carbons (Fsp3) is 0.250. The fourth-order valence-corrected chi connectivity index (χ4v) is 3.52. The van der Waals surface area contributed by atoms with Crippen molar-refractivity contribution in [2.24, 2.45) is 0 Å². The Morgan fingerprint density at radius 2 is 1.93 bits per heavy atom. The van der Waals surface area contributed by atoms with Gasteiger partial charge in [-0.3, -0.25) is 4.79 Å². The molecule has 4 rings (SSSR count). The van der Waals surface area contributed by atoms with E-state index in [2.05, 4.69) is 26.1 Å². The fourth-order valence-electron chi connectivity index (χ4n) is 3.25. The van der Waals surface area contributed by atoms with Crippen molar-refractivity contribution in [3.8, 4) is 17.1 Å². The first-order valence-electron chi connectivity index (χ1n) is 8.70. The maximum absolute atomic E-state index is 12.9. The normalized spacial score (nSPS) is 16.5. The summed E-state index contributed by atoms with van der Waals surface area (Å²) < 4.78 is 11.6. The molecule has 1 aromatic heterocycles. The number of carbonyl (C=O) groups excluding carboxylic acids is 1. The van der Waals surface area contributed by atoms with Crippen LogP contribution < -0.4 is 4.74 Å². The Labute approximate surface area is 165 Å². The van der Waals surface area contributed by atoms with Gasteiger partial charge >= 0.3 is 0 Å². The molecule has 1 aliphatic heterocycles. The first kappa shape index (κ1) is 17.7. The van der Waals surface area contributed by atoms with Gasteiger partial charge in [0, 0.05) is 22.1 Å². The molecule has 0 aliphatic carbocycles. The Hall–Kier alpha value is -2.67. The minimum absolute atomic E-state index is 0.0384. The van der Waals surface area contributed by atoms with Crippen LogP contribution in [-0.4, -0.2) is 34.6 Å². The summed E-state index contributed by atoms with van der Waals surface area (Å²) in [6.45, 7) is 0.672. The third-order valence-electron chi connectivity index (χ3n) is 4.68. The number of carbonyl (C=O) groups is 1. The number of nitrogens with zero attached hydrogens (tertiary/aromatic N) is 3. The molecule has 7 heteroatoms. The summed E-state index contributed by atoms with van der Waals surface area (Å²) >= 11 is 3.42. The number of methoxy groups -OCH3 is 1. The van der Waals surface area contributed by atoms with Crippen molar-refractivity contribution < 1.29 is 14.1 Å². The largest absolute Gasteiger partial charge is 0.497 e. The van der Waals surface area contributed by atoms with Crippen molar-refractivity contribution in [2.45, 2.75) is 18.9 Å². The van der Waals surface area contributed by atoms with Crippen molar-refractivity contribution in [1.29, 1.82) is 0 Å². The first-order valence-corrected chi connectivity index (χ1v) is 9.49. The summed E-state index contributed by atoms with van der Waals surface area (Å²) in [6, 6.07) is 14.6. The lowest BCUT2D eigenvalue weighted by Crippen LogP contribution is -2.30. The van der Waals surface area contributed by atoms with Gasteiger partial charge in [0.25, 0.3) is 5.91 Å². The van der Waals surface area contributed by atoms with Gasteiger partial charge in [-0.15, -0.1) is 0 Å². The van der Waals surface area contributed by atoms with Crippen LogP contribution in [0.3, 0.4) is 0 Å². The van der Waals surface area contributed by atoms with E-state index >= 15 is 0 Å². The second-order valence-electron chi connectivity index (χ2n) is 6.35. The van der Waals surface area contributed by atoms with Crippen LogP contribution in [0.15, 0.2) is 57.5 Å². The SMILES string of the molecule is COc1ccc(C(=O)N2CCCC2c2nc(-c3ccc(Br)cc3)no2)cc1. The number of benzene rings is 2. The van der Waals surface area contributed by atoms with E-state index in [4.69, 9.17) is 9.26 Å². The van der Waals surface area contributed by atoms with Gasteiger partial charge in [-0.25, -0.2) is 0 Å². The molecule has 1 fully saturated rings. The van der Waals surface area contributed by atoms with Crippen molar-refractivity contribution in [1.82, 2.24) is 15.0 Å². The lowest BCUT2D eigenvalue weighted by molar-refractivity contribution is 0.0710. The maximum atomic E-state index is 12.9. The van der Waals surface area contributed by atoms with Crippen LogP contribution >= 0.6 is 15.9 Å². The molecule has 2 aromatic carbocycles. The molecule has 1 saturated heterocycles. The van der Waals surface area contributed by atoms with Crippen molar-refractivity contribution in [3.05, 3.63) is 64.5 Å². The molecule has 6 nitrogen and oxygen atoms in total. The van der Waals surface area contributed by atoms with Gasteiger partial charge in [-0.1, -0.05) is 21.1 Å². The van der Waals surface area contributed by atoms with Crippen LogP contribution in [0.1, 0.15) is 35.1 Å². The van der Waals surface area contributed by atoms with E-state index < -0.39 is 0 Å². The van der Waals surface area contributed by atoms with Crippen molar-refractivity contribution >= 4 is 21.8 Å². The molecule has 1 aliphatic rings. The Balaban J connectivity index is 1.56. The first-order chi connectivity index (χ1) is 13.2. The van der Waals surface area contributed by atoms with Gasteiger partial charge < -0.3 is 14.2 Å². The predicted octanol–water partition coefficient (Wildman–Crippen LogP) is 4.49. The minimum Gasteiger partial charge on any atom is -0.497 e. The van der Waals surface area contributed by atoms with Crippen LogP contribution in [0.2, 0.25) is 0 Å². The number of likely N-dealkylation sites (tertiary alicyclic amines) is 1. The second kappa shape index (κ2) is 7.52. The summed E-state index contributed by atoms with van der Waals surface area (Å²) in [5, 5.41) is 4.09. The summed E-state index contributed by atoms with van der Waals surface area (Å²) in [5.41, 5.74) is 1.49. The quantitative estimate of drug-likeness (QED) is 0.613. The molecular formula is C20H18BrN3O3. The third-order valence-corrected chi connectivity index (χ3v) is 5.21. The van der Waals surface area contributed by atoms with Crippen LogP contribution in [-0.2, 0) is 0 Å². The molecule has 27 heavy (non-hydrogen) atoms. The lowest BCUT2D eigenvalue weighted by atomic mass is 10.1. The van der Waals surface area contributed by atoms with Gasteiger partial charge in [-0.05, 0) is 61.4 Å². The highest BCUT2D eigenvalue weighted by Crippen LogP contribution is 2.33. The van der Waals surface area contributed by atoms with Crippen molar-refractivity contribution in [3.63, 3.8) is 0 Å². The maximum Gasteiger partial charge on any atom is 0.254 e. The second-order valence-corrected chi connectivity index (χ2v) is 7.26. The molecule has 0 radical (unpaired) electrons. The molecule has 0 N–H and O–H groups in total. The van der Waals surface area contributed by atoms with Crippen LogP contribution in [0.25, 0.3) is 11.4 Å². The van der Waals surface area contributed by atoms with Crippen LogP contribution in [0.5, 0.6) is 5.75 Å². The number of amides is 1. The average molecular weight is 428 g/mol. The Kier molecular flexibility index (Phi) is 4.94. The van der Waals surface area contributed by atoms with E-state index in [1.165, 1.54) is 0 Å². The highest BCUT2D eigenvalue weighted by Gasteiger charge is 2.34. The number of ether oxygens (including phenoxy) is 1. The lowest BCUT2D eigenvalue weighted by Gasteiger charge is -2.22. The molecular weight excluding hydrogens is 410 g/mol. The Morgan fingerprint density at radius 3 is 2.63 bits per heavy atom. The molecule has 138 valence electrons. The van der Waals surface area contributed by atoms with Gasteiger partial charge in [0.2, 0.25) is 11.7 Å². The predicted molar refractivity (Wildman–Crippen MR) is 103 cm³/mol. The Morgan fingerprint density at radius 1 is 1.19 bits per heavy atom. The number of rotatable bonds is 4. The minimum atomic E-state index is -0.198. The zero-order valence-corrected chi connectivity index (χ0v) is 16.3. The van der Waals surface area contributed by atoms with Gasteiger partial charge in [-0.2, -0.15) is 4.98 Å². The highest BCUT2D eigenvalue weighted by atomic mass is 79.9. The molecule has 1 unspecified atom stereocenters. The Bertz CT molecular complexity index is 938. The highest BCUT2D eigenvalue weighted by molar-refractivity contribution is 9.10. The van der Waals surface area contributed by atoms with Crippen LogP contribution in [0, 0.1) is 0 Å². The van der Waals surface area contributed by atoms with Gasteiger partial charge in [0.15, 0.2) is 0 Å². The van der Waals surface area contributed by atoms with E-state index in [9.17, 15) is 4.79 Å². The third kappa shape index (κ3) is 3.60. The number of hydrogen-bond donors (Lipinski definition) is 0. The number of aromatic nitrogens is 2. The summed E-state index contributed by atoms with van der Waals surface area (Å²) in [5.74, 6) is 1.69. The zero-order valence-electron chi connectivity index (χ0n) is 14.8. The standard InChI is InChI=1S/C20H18BrN3O3/c1-26-16-10-6-14(7-11-16)20(25)24-12-2-3-17(24)19-22-18(23-27-19)13-4-8-15(21)9-5-13/h4-11,17H,2-3,12H2,1H3. The zero-order chi connectivity index (χ0) is 18.8. The summed E-state index contributed by atoms with van der Waals surface area (Å²) in [6.07, 6.45) is 1.71. The summed E-state index contributed by atoms with van der Waals surface area (Å²) in [7, 11) is 1.60. The van der Waals surface area contributed by atoms with Gasteiger partial charge in [0.05, 0.1) is 7.11 Å². The van der Waals surface area contributed by atoms with E-state index in [1.807, 2.05) is 24.3 Å². The number of hydrogen-bond acceptors (Lipinski definition) is 5. The van der Waals surface area contributed by atoms with E-state index in [0.29, 0.717) is 23.8 Å². The molecule has 1 amide bonds. The molecule has 0 saturated carbocycles. The topological polar surface area (TPSA) is 68.5 Å². The van der Waals surface area contributed by atoms with Crippen LogP contribution in [0.4, 0.5) is 0 Å². The molecule has 2 heterocycles. The van der Waals surface area contributed by atoms with E-state index in [0.717, 1.165) is 28.6 Å². The molecule has 0 bridgehead atoms. The summed E-state index contributed by atoms with van der Waals surface area (Å²) in [4.78, 5) is 19.3. The molecule has 3 aromatic rings. The van der Waals surface area contributed by atoms with Gasteiger partial charge in [0.1, 0.15) is 11.8 Å².